The summed E-state index contributed by atoms with van der Waals surface area (Å²) in [6, 6.07) is 5.32. The molecule has 1 aliphatic rings. The summed E-state index contributed by atoms with van der Waals surface area (Å²) in [6.45, 7) is 0. The predicted octanol–water partition coefficient (Wildman–Crippen LogP) is -0.147. The summed E-state index contributed by atoms with van der Waals surface area (Å²) < 4.78 is 22.1. The predicted molar refractivity (Wildman–Crippen MR) is 67.5 cm³/mol. The van der Waals surface area contributed by atoms with Crippen LogP contribution in [-0.2, 0) is 19.6 Å². The monoisotopic (exact) mass is 301 g/mol. The minimum atomic E-state index is -3.78. The molecule has 0 bridgehead atoms. The third-order valence-electron chi connectivity index (χ3n) is 2.33. The molecular formula is C10H8ClN3O4S. The zero-order valence-corrected chi connectivity index (χ0v) is 10.9. The fourth-order valence-corrected chi connectivity index (χ4v) is 2.11. The van der Waals surface area contributed by atoms with Gasteiger partial charge in [0.25, 0.3) is 11.8 Å². The topological polar surface area (TPSA) is 118 Å². The standard InChI is InChI=1S/C10H8ClN3O4S/c11-7-8(10(16)14-9(7)15)13-5-1-3-6(4-2-5)19(12,17)18/h1-4H,(H2,12,17,18)(H2,13,14,15,16). The lowest BCUT2D eigenvalue weighted by atomic mass is 10.3. The third kappa shape index (κ3) is 2.75. The Labute approximate surface area is 113 Å². The summed E-state index contributed by atoms with van der Waals surface area (Å²) in [5, 5.41) is 9.33. The van der Waals surface area contributed by atoms with Crippen molar-refractivity contribution in [1.29, 1.82) is 0 Å². The van der Waals surface area contributed by atoms with Crippen LogP contribution < -0.4 is 15.8 Å². The number of sulfonamides is 1. The van der Waals surface area contributed by atoms with Gasteiger partial charge in [-0.1, -0.05) is 11.6 Å². The average molecular weight is 302 g/mol. The number of benzene rings is 1. The smallest absolute Gasteiger partial charge is 0.276 e. The number of hydrogen-bond donors (Lipinski definition) is 3. The quantitative estimate of drug-likeness (QED) is 0.671. The van der Waals surface area contributed by atoms with Gasteiger partial charge in [0.2, 0.25) is 10.0 Å². The number of carbonyl (C=O) groups excluding carboxylic acids is 2. The zero-order chi connectivity index (χ0) is 14.2. The van der Waals surface area contributed by atoms with Crippen LogP contribution in [0.15, 0.2) is 39.9 Å². The highest BCUT2D eigenvalue weighted by atomic mass is 35.5. The molecule has 9 heteroatoms. The van der Waals surface area contributed by atoms with E-state index >= 15 is 0 Å². The molecule has 1 aromatic carbocycles. The Morgan fingerprint density at radius 2 is 1.68 bits per heavy atom. The second-order valence-corrected chi connectivity index (χ2v) is 5.61. The van der Waals surface area contributed by atoms with E-state index in [2.05, 4.69) is 5.32 Å². The van der Waals surface area contributed by atoms with Crippen LogP contribution in [0.5, 0.6) is 0 Å². The minimum absolute atomic E-state index is 0.0647. The first kappa shape index (κ1) is 13.5. The van der Waals surface area contributed by atoms with Gasteiger partial charge < -0.3 is 5.32 Å². The van der Waals surface area contributed by atoms with Crippen LogP contribution in [0.4, 0.5) is 5.69 Å². The molecule has 0 unspecified atom stereocenters. The molecule has 2 amide bonds. The highest BCUT2D eigenvalue weighted by molar-refractivity contribution is 7.89. The van der Waals surface area contributed by atoms with Crippen molar-refractivity contribution in [2.75, 3.05) is 5.32 Å². The SMILES string of the molecule is NS(=O)(=O)c1ccc(NC2=C(Cl)C(=O)NC2=O)cc1. The number of halogens is 1. The average Bonchev–Trinajstić information content (AvgIpc) is 2.56. The molecule has 0 saturated heterocycles. The van der Waals surface area contributed by atoms with Gasteiger partial charge in [-0.05, 0) is 24.3 Å². The Morgan fingerprint density at radius 3 is 2.11 bits per heavy atom. The Bertz CT molecular complexity index is 694. The van der Waals surface area contributed by atoms with Gasteiger partial charge >= 0.3 is 0 Å². The molecule has 0 saturated carbocycles. The van der Waals surface area contributed by atoms with E-state index in [9.17, 15) is 18.0 Å². The number of imide groups is 1. The lowest BCUT2D eigenvalue weighted by molar-refractivity contribution is -0.123. The normalized spacial score (nSPS) is 15.7. The van der Waals surface area contributed by atoms with Crippen LogP contribution in [0.3, 0.4) is 0 Å². The fraction of sp³-hybridized carbons (Fsp3) is 0. The van der Waals surface area contributed by atoms with Crippen LogP contribution in [0.1, 0.15) is 0 Å². The van der Waals surface area contributed by atoms with Gasteiger partial charge in [0.05, 0.1) is 4.90 Å². The number of hydrogen-bond acceptors (Lipinski definition) is 5. The molecule has 7 nitrogen and oxygen atoms in total. The molecule has 0 radical (unpaired) electrons. The van der Waals surface area contributed by atoms with E-state index in [0.717, 1.165) is 0 Å². The maximum Gasteiger partial charge on any atom is 0.276 e. The van der Waals surface area contributed by atoms with Crippen LogP contribution in [0.2, 0.25) is 0 Å². The molecule has 1 heterocycles. The van der Waals surface area contributed by atoms with Gasteiger partial charge in [0.15, 0.2) is 0 Å². The summed E-state index contributed by atoms with van der Waals surface area (Å²) in [5.41, 5.74) is 0.306. The van der Waals surface area contributed by atoms with E-state index < -0.39 is 21.8 Å². The van der Waals surface area contributed by atoms with Gasteiger partial charge in [-0.15, -0.1) is 0 Å². The summed E-state index contributed by atoms with van der Waals surface area (Å²) in [7, 11) is -3.78. The number of amides is 2. The molecule has 100 valence electrons. The summed E-state index contributed by atoms with van der Waals surface area (Å²) in [5.74, 6) is -1.33. The van der Waals surface area contributed by atoms with Crippen LogP contribution >= 0.6 is 11.6 Å². The molecule has 0 spiro atoms. The number of rotatable bonds is 3. The molecule has 0 aromatic heterocycles. The second-order valence-electron chi connectivity index (χ2n) is 3.67. The molecule has 19 heavy (non-hydrogen) atoms. The Hall–Kier alpha value is -1.90. The van der Waals surface area contributed by atoms with Crippen molar-refractivity contribution in [2.45, 2.75) is 4.90 Å². The first-order chi connectivity index (χ1) is 8.79. The van der Waals surface area contributed by atoms with Gasteiger partial charge in [-0.3, -0.25) is 14.9 Å². The Morgan fingerprint density at radius 1 is 1.11 bits per heavy atom. The molecule has 4 N–H and O–H groups in total. The summed E-state index contributed by atoms with van der Waals surface area (Å²) >= 11 is 5.65. The van der Waals surface area contributed by atoms with Crippen LogP contribution in [-0.4, -0.2) is 20.2 Å². The van der Waals surface area contributed by atoms with E-state index in [1.54, 1.807) is 0 Å². The van der Waals surface area contributed by atoms with E-state index in [1.807, 2.05) is 5.32 Å². The largest absolute Gasteiger partial charge is 0.350 e. The third-order valence-corrected chi connectivity index (χ3v) is 3.62. The van der Waals surface area contributed by atoms with Crippen LogP contribution in [0, 0.1) is 0 Å². The van der Waals surface area contributed by atoms with E-state index in [0.29, 0.717) is 5.69 Å². The molecule has 0 aliphatic carbocycles. The summed E-state index contributed by atoms with van der Waals surface area (Å²) in [4.78, 5) is 22.4. The van der Waals surface area contributed by atoms with E-state index in [4.69, 9.17) is 16.7 Å². The number of primary sulfonamides is 1. The number of nitrogens with two attached hydrogens (primary N) is 1. The van der Waals surface area contributed by atoms with Crippen molar-refractivity contribution in [3.63, 3.8) is 0 Å². The summed E-state index contributed by atoms with van der Waals surface area (Å²) in [6.07, 6.45) is 0. The molecule has 1 aromatic rings. The van der Waals surface area contributed by atoms with Crippen molar-refractivity contribution >= 4 is 39.1 Å². The Balaban J connectivity index is 2.26. The lowest BCUT2D eigenvalue weighted by Crippen LogP contribution is -2.24. The van der Waals surface area contributed by atoms with Crippen molar-refractivity contribution in [3.05, 3.63) is 35.0 Å². The molecule has 1 aliphatic heterocycles. The molecule has 0 atom stereocenters. The van der Waals surface area contributed by atoms with Gasteiger partial charge in [-0.25, -0.2) is 13.6 Å². The highest BCUT2D eigenvalue weighted by Crippen LogP contribution is 2.20. The second kappa shape index (κ2) is 4.65. The number of nitrogens with one attached hydrogen (secondary N) is 2. The minimum Gasteiger partial charge on any atom is -0.350 e. The lowest BCUT2D eigenvalue weighted by Gasteiger charge is -2.06. The fourth-order valence-electron chi connectivity index (χ4n) is 1.42. The first-order valence-corrected chi connectivity index (χ1v) is 6.87. The van der Waals surface area contributed by atoms with Crippen molar-refractivity contribution in [2.24, 2.45) is 5.14 Å². The zero-order valence-electron chi connectivity index (χ0n) is 9.31. The molecule has 2 rings (SSSR count). The maximum atomic E-state index is 11.4. The van der Waals surface area contributed by atoms with E-state index in [-0.39, 0.29) is 15.6 Å². The van der Waals surface area contributed by atoms with Gasteiger partial charge in [-0.2, -0.15) is 0 Å². The van der Waals surface area contributed by atoms with Gasteiger partial charge in [0.1, 0.15) is 10.7 Å². The Kier molecular flexibility index (Phi) is 3.31. The highest BCUT2D eigenvalue weighted by Gasteiger charge is 2.29. The van der Waals surface area contributed by atoms with Crippen LogP contribution in [0.25, 0.3) is 0 Å². The first-order valence-electron chi connectivity index (χ1n) is 4.94. The van der Waals surface area contributed by atoms with Crippen molar-refractivity contribution in [3.8, 4) is 0 Å². The molecule has 0 fully saturated rings. The molecular weight excluding hydrogens is 294 g/mol. The number of anilines is 1. The van der Waals surface area contributed by atoms with Gasteiger partial charge in [0, 0.05) is 5.69 Å². The van der Waals surface area contributed by atoms with E-state index in [1.165, 1.54) is 24.3 Å². The maximum absolute atomic E-state index is 11.4. The van der Waals surface area contributed by atoms with Crippen molar-refractivity contribution < 1.29 is 18.0 Å². The number of carbonyl (C=O) groups is 2. The van der Waals surface area contributed by atoms with Crippen molar-refractivity contribution in [1.82, 2.24) is 5.32 Å².